The van der Waals surface area contributed by atoms with E-state index in [0.717, 1.165) is 38.9 Å². The lowest BCUT2D eigenvalue weighted by Crippen LogP contribution is -2.61. The molecule has 4 heterocycles. The second kappa shape index (κ2) is 40.3. The number of aliphatic hydroxyl groups is 6. The number of phenols is 1. The van der Waals surface area contributed by atoms with E-state index in [9.17, 15) is 62.9 Å². The molecule has 119 heavy (non-hydrogen) atoms. The van der Waals surface area contributed by atoms with Crippen LogP contribution in [0.15, 0.2) is 285 Å². The van der Waals surface area contributed by atoms with Crippen molar-refractivity contribution < 1.29 is 96.1 Å². The van der Waals surface area contributed by atoms with E-state index in [1.807, 2.05) is 170 Å². The number of hydrogen-bond donors (Lipinski definition) is 7. The topological polar surface area (TPSA) is 247 Å². The zero-order valence-electron chi connectivity index (χ0n) is 65.3. The van der Waals surface area contributed by atoms with Crippen LogP contribution in [0, 0.1) is 35.1 Å². The largest absolute Gasteiger partial charge is 0.508 e. The van der Waals surface area contributed by atoms with Gasteiger partial charge in [0.05, 0.1) is 88.0 Å². The van der Waals surface area contributed by atoms with Gasteiger partial charge in [0.15, 0.2) is 0 Å². The van der Waals surface area contributed by atoms with E-state index >= 15 is 0 Å². The normalized spacial score (nSPS) is 23.3. The second-order valence-corrected chi connectivity index (χ2v) is 30.6. The Bertz CT molecular complexity index is 5040. The van der Waals surface area contributed by atoms with Crippen LogP contribution in [0.25, 0.3) is 0 Å². The first-order valence-electron chi connectivity index (χ1n) is 40.1. The van der Waals surface area contributed by atoms with Crippen LogP contribution in [-0.2, 0) is 83.9 Å². The summed E-state index contributed by atoms with van der Waals surface area (Å²) in [7, 11) is 0. The minimum atomic E-state index is -1.52. The number of β-lactam (4-membered cyclic amide) rings is 2. The van der Waals surface area contributed by atoms with Crippen LogP contribution in [0.2, 0.25) is 0 Å². The van der Waals surface area contributed by atoms with Gasteiger partial charge in [0.2, 0.25) is 11.8 Å². The van der Waals surface area contributed by atoms with Crippen molar-refractivity contribution in [3.05, 3.63) is 370 Å². The zero-order chi connectivity index (χ0) is 82.9. The standard InChI is InChI=1S/C66H63F2NO8.C31H33F2NO8/c67-53-29-27-52(28-30-53)58(70)37-36-57-62(69(66(57)71)55-33-31-54(68)32-34-55)56-35-26-51(38-59(56)73-41-47-18-8-2-9-19-47)39-60-63(74-42-48-20-10-3-11-21-48)65(76-44-50-24-14-5-15-25-50)64(75-43-49-22-12-4-13-23-49)61(77-60)45-72-40-46-16-6-1-7-17-46;32-18-4-2-17(3-5-18)23(36)12-11-22-27(34(31(22)41)20-8-6-19(33)7-9-20)21-10-1-16(13-24(21)37)14-25-28(38)30(40)29(39)26(15-35)42-25/h1-35,38,57-58,60-65,70H,36-37,39-45H2;1-10,13,22-23,25-30,35-40H,11-12,14-15H2/t57-,58+,60+,61?,62-,63?,64-,65+;22-,23+,25+,26?,27-,28?,29-,30-/m11/s1. The predicted octanol–water partition coefficient (Wildman–Crippen LogP) is 15.3. The number of aromatic hydroxyl groups is 1. The SMILES string of the molecule is O=C1[C@H](CC[C@H](O)c2ccc(F)cc2)[C@@H](c2ccc(C[C@@H]3OC(CO)[C@@H](O)[C@H](O)C3O)cc2O)N1c1ccc(F)cc1.O=C1[C@H](CC[C@H](O)c2ccc(F)cc2)[C@@H](c2ccc(C[C@@H]3OC(COCc4ccccc4)[C@@H](OCc4ccccc4)[C@@H](OCc4ccccc4)C3OCc3ccccc3)cc2OCc2ccccc2)N1c1ccc(F)cc1. The fourth-order valence-electron chi connectivity index (χ4n) is 16.2. The molecule has 11 aromatic rings. The number of carbonyl (C=O) groups is 2. The number of aliphatic hydroxyl groups excluding tert-OH is 6. The number of rotatable bonds is 33. The Morgan fingerprint density at radius 1 is 0.378 bits per heavy atom. The first-order chi connectivity index (χ1) is 57.9. The van der Waals surface area contributed by atoms with Crippen molar-refractivity contribution in [2.45, 2.75) is 157 Å². The lowest BCUT2D eigenvalue weighted by molar-refractivity contribution is -0.272. The van der Waals surface area contributed by atoms with Crippen LogP contribution in [-0.4, -0.2) is 122 Å². The van der Waals surface area contributed by atoms with E-state index in [0.29, 0.717) is 72.0 Å². The van der Waals surface area contributed by atoms with Crippen LogP contribution >= 0.6 is 0 Å². The van der Waals surface area contributed by atoms with Crippen molar-refractivity contribution in [1.82, 2.24) is 0 Å². The van der Waals surface area contributed by atoms with E-state index in [2.05, 4.69) is 0 Å². The minimum absolute atomic E-state index is 0.0495. The molecule has 0 spiro atoms. The highest BCUT2D eigenvalue weighted by atomic mass is 19.1. The van der Waals surface area contributed by atoms with Crippen molar-refractivity contribution in [3.8, 4) is 11.5 Å². The van der Waals surface area contributed by atoms with Gasteiger partial charge in [-0.3, -0.25) is 9.59 Å². The maximum atomic E-state index is 14.4. The van der Waals surface area contributed by atoms with Crippen LogP contribution in [0.4, 0.5) is 28.9 Å². The van der Waals surface area contributed by atoms with E-state index < -0.39 is 127 Å². The van der Waals surface area contributed by atoms with Gasteiger partial charge >= 0.3 is 0 Å². The van der Waals surface area contributed by atoms with Crippen LogP contribution in [0.5, 0.6) is 11.5 Å². The molecule has 0 radical (unpaired) electrons. The second-order valence-electron chi connectivity index (χ2n) is 30.6. The van der Waals surface area contributed by atoms with Gasteiger partial charge in [0.25, 0.3) is 0 Å². The van der Waals surface area contributed by atoms with E-state index in [4.69, 9.17) is 33.2 Å². The summed E-state index contributed by atoms with van der Waals surface area (Å²) in [6.07, 6.45) is -9.95. The number of benzene rings is 11. The zero-order valence-corrected chi connectivity index (χ0v) is 65.3. The Kier molecular flexibility index (Phi) is 28.7. The van der Waals surface area contributed by atoms with Gasteiger partial charge in [-0.05, 0) is 161 Å². The average Bonchev–Trinajstić information content (AvgIpc) is 0.728. The summed E-state index contributed by atoms with van der Waals surface area (Å²) < 4.78 is 102. The van der Waals surface area contributed by atoms with Crippen LogP contribution < -0.4 is 14.5 Å². The summed E-state index contributed by atoms with van der Waals surface area (Å²) in [5, 5.41) is 73.0. The molecule has 0 aliphatic carbocycles. The number of carbonyl (C=O) groups excluding carboxylic acids is 2. The summed E-state index contributed by atoms with van der Waals surface area (Å²) in [6, 6.07) is 82.2. The predicted molar refractivity (Wildman–Crippen MR) is 438 cm³/mol. The molecule has 4 aliphatic rings. The number of ether oxygens (including phenoxy) is 7. The number of amides is 2. The van der Waals surface area contributed by atoms with Crippen LogP contribution in [0.1, 0.15) is 111 Å². The summed E-state index contributed by atoms with van der Waals surface area (Å²) in [6.45, 7) is 1.14. The van der Waals surface area contributed by atoms with Gasteiger partial charge in [0, 0.05) is 35.3 Å². The van der Waals surface area contributed by atoms with Gasteiger partial charge in [-0.1, -0.05) is 200 Å². The molecule has 2 amide bonds. The van der Waals surface area contributed by atoms with Crippen molar-refractivity contribution >= 4 is 23.2 Å². The molecule has 4 saturated heterocycles. The third kappa shape index (κ3) is 21.1. The van der Waals surface area contributed by atoms with Crippen molar-refractivity contribution in [3.63, 3.8) is 0 Å². The van der Waals surface area contributed by atoms with Gasteiger partial charge in [-0.2, -0.15) is 0 Å². The molecule has 618 valence electrons. The highest BCUT2D eigenvalue weighted by Crippen LogP contribution is 2.51. The van der Waals surface area contributed by atoms with Gasteiger partial charge in [-0.25, -0.2) is 17.6 Å². The lowest BCUT2D eigenvalue weighted by atomic mass is 9.77. The Balaban J connectivity index is 0.000000233. The maximum Gasteiger partial charge on any atom is 0.233 e. The highest BCUT2D eigenvalue weighted by Gasteiger charge is 2.53. The molecule has 4 fully saturated rings. The molecule has 22 heteroatoms. The van der Waals surface area contributed by atoms with Crippen molar-refractivity contribution in [1.29, 1.82) is 0 Å². The molecule has 4 aliphatic heterocycles. The first kappa shape index (κ1) is 84.6. The molecule has 0 bridgehead atoms. The van der Waals surface area contributed by atoms with E-state index in [-0.39, 0.29) is 63.1 Å². The molecular formula is C97H96F4N2O16. The Labute approximate surface area is 688 Å². The smallest absolute Gasteiger partial charge is 0.233 e. The maximum absolute atomic E-state index is 14.4. The van der Waals surface area contributed by atoms with Crippen LogP contribution in [0.3, 0.4) is 0 Å². The summed E-state index contributed by atoms with van der Waals surface area (Å²) >= 11 is 0. The molecular weight excluding hydrogens is 1530 g/mol. The quantitative estimate of drug-likeness (QED) is 0.0149. The number of anilines is 2. The minimum Gasteiger partial charge on any atom is -0.508 e. The number of nitrogens with zero attached hydrogens (tertiary/aromatic N) is 2. The molecule has 16 atom stereocenters. The molecule has 7 N–H and O–H groups in total. The molecule has 4 unspecified atom stereocenters. The molecule has 11 aromatic carbocycles. The fourth-order valence-corrected chi connectivity index (χ4v) is 16.2. The Morgan fingerprint density at radius 3 is 1.19 bits per heavy atom. The van der Waals surface area contributed by atoms with Gasteiger partial charge < -0.3 is 78.7 Å². The third-order valence-electron chi connectivity index (χ3n) is 22.5. The number of phenolic OH excluding ortho intramolecular Hbond substituents is 1. The molecule has 15 rings (SSSR count). The first-order valence-corrected chi connectivity index (χ1v) is 40.1. The third-order valence-corrected chi connectivity index (χ3v) is 22.5. The fraction of sp³-hybridized carbons (Fsp3) is 0.299. The molecule has 18 nitrogen and oxygen atoms in total. The monoisotopic (exact) mass is 1620 g/mol. The Hall–Kier alpha value is -10.8. The molecule has 0 saturated carbocycles. The van der Waals surface area contributed by atoms with Gasteiger partial charge in [0.1, 0.15) is 90.2 Å². The highest BCUT2D eigenvalue weighted by molar-refractivity contribution is 6.04. The number of hydrogen-bond acceptors (Lipinski definition) is 16. The average molecular weight is 1620 g/mol. The Morgan fingerprint density at radius 2 is 0.748 bits per heavy atom. The summed E-state index contributed by atoms with van der Waals surface area (Å²) in [5.74, 6) is -2.92. The number of halogens is 4. The van der Waals surface area contributed by atoms with Gasteiger partial charge in [-0.15, -0.1) is 0 Å². The van der Waals surface area contributed by atoms with Crippen molar-refractivity contribution in [2.24, 2.45) is 11.8 Å². The summed E-state index contributed by atoms with van der Waals surface area (Å²) in [4.78, 5) is 30.8. The van der Waals surface area contributed by atoms with E-state index in [1.165, 1.54) is 83.8 Å². The summed E-state index contributed by atoms with van der Waals surface area (Å²) in [5.41, 5.74) is 9.59. The lowest BCUT2D eigenvalue weighted by Gasteiger charge is -2.48. The van der Waals surface area contributed by atoms with Crippen molar-refractivity contribution in [2.75, 3.05) is 23.0 Å². The molecule has 0 aromatic heterocycles. The van der Waals surface area contributed by atoms with E-state index in [1.54, 1.807) is 41.3 Å².